The molecular formula is C17H21N3O2S. The number of methoxy groups -OCH3 is 1. The zero-order valence-corrected chi connectivity index (χ0v) is 14.3. The molecule has 0 spiro atoms. The number of nitrogens with one attached hydrogen (secondary N) is 1. The summed E-state index contributed by atoms with van der Waals surface area (Å²) in [6.45, 7) is 2.08. The minimum absolute atomic E-state index is 0.0498. The van der Waals surface area contributed by atoms with E-state index in [0.717, 1.165) is 43.5 Å². The number of hydrogen-bond acceptors (Lipinski definition) is 5. The van der Waals surface area contributed by atoms with Crippen molar-refractivity contribution in [3.8, 4) is 5.75 Å². The van der Waals surface area contributed by atoms with Crippen molar-refractivity contribution in [3.05, 3.63) is 39.9 Å². The highest BCUT2D eigenvalue weighted by molar-refractivity contribution is 7.08. The predicted octanol–water partition coefficient (Wildman–Crippen LogP) is 3.31. The van der Waals surface area contributed by atoms with E-state index in [2.05, 4.69) is 34.0 Å². The van der Waals surface area contributed by atoms with E-state index in [-0.39, 0.29) is 11.9 Å². The maximum Gasteiger partial charge on any atom is 0.265 e. The van der Waals surface area contributed by atoms with E-state index < -0.39 is 0 Å². The normalized spacial score (nSPS) is 16.7. The third-order valence-electron chi connectivity index (χ3n) is 4.22. The monoisotopic (exact) mass is 331 g/mol. The number of carbonyl (C=O) groups excluding carboxylic acids is 1. The summed E-state index contributed by atoms with van der Waals surface area (Å²) in [5.74, 6) is 0.810. The molecule has 6 heteroatoms. The molecule has 1 unspecified atom stereocenters. The van der Waals surface area contributed by atoms with Gasteiger partial charge in [-0.3, -0.25) is 4.79 Å². The molecule has 5 nitrogen and oxygen atoms in total. The van der Waals surface area contributed by atoms with Crippen LogP contribution in [0.1, 0.15) is 58.7 Å². The summed E-state index contributed by atoms with van der Waals surface area (Å²) in [5, 5.41) is 7.24. The summed E-state index contributed by atoms with van der Waals surface area (Å²) in [6, 6.07) is 6.15. The van der Waals surface area contributed by atoms with Crippen molar-refractivity contribution in [1.82, 2.24) is 14.9 Å². The van der Waals surface area contributed by atoms with Crippen LogP contribution < -0.4 is 10.1 Å². The van der Waals surface area contributed by atoms with E-state index in [4.69, 9.17) is 4.74 Å². The third-order valence-corrected chi connectivity index (χ3v) is 4.99. The van der Waals surface area contributed by atoms with Gasteiger partial charge >= 0.3 is 0 Å². The van der Waals surface area contributed by atoms with Crippen molar-refractivity contribution in [3.63, 3.8) is 0 Å². The lowest BCUT2D eigenvalue weighted by molar-refractivity contribution is 0.0935. The van der Waals surface area contributed by atoms with Crippen LogP contribution in [-0.4, -0.2) is 22.6 Å². The first-order chi connectivity index (χ1) is 11.2. The zero-order valence-electron chi connectivity index (χ0n) is 13.5. The van der Waals surface area contributed by atoms with Crippen LogP contribution in [0.25, 0.3) is 0 Å². The molecular weight excluding hydrogens is 310 g/mol. The molecule has 1 aromatic heterocycles. The number of hydrogen-bond donors (Lipinski definition) is 1. The van der Waals surface area contributed by atoms with E-state index >= 15 is 0 Å². The maximum absolute atomic E-state index is 12.6. The fraction of sp³-hybridized carbons (Fsp3) is 0.471. The van der Waals surface area contributed by atoms with Gasteiger partial charge in [-0.15, -0.1) is 5.10 Å². The minimum atomic E-state index is -0.0582. The van der Waals surface area contributed by atoms with Crippen molar-refractivity contribution in [1.29, 1.82) is 0 Å². The molecule has 0 saturated heterocycles. The molecule has 1 aliphatic carbocycles. The molecule has 1 heterocycles. The Balaban J connectivity index is 1.79. The van der Waals surface area contributed by atoms with E-state index in [1.54, 1.807) is 7.11 Å². The van der Waals surface area contributed by atoms with Gasteiger partial charge in [0.2, 0.25) is 0 Å². The Labute approximate surface area is 140 Å². The largest absolute Gasteiger partial charge is 0.497 e. The molecule has 0 aliphatic heterocycles. The number of benzene rings is 1. The number of rotatable bonds is 5. The minimum Gasteiger partial charge on any atom is -0.497 e. The Bertz CT molecular complexity index is 699. The SMILES string of the molecule is CCCc1nnsc1C(=O)NC1CCCc2cc(OC)ccc21. The van der Waals surface area contributed by atoms with Crippen molar-refractivity contribution < 1.29 is 9.53 Å². The van der Waals surface area contributed by atoms with Crippen molar-refractivity contribution in [2.75, 3.05) is 7.11 Å². The van der Waals surface area contributed by atoms with Crippen LogP contribution in [0, 0.1) is 0 Å². The van der Waals surface area contributed by atoms with Gasteiger partial charge < -0.3 is 10.1 Å². The van der Waals surface area contributed by atoms with Crippen LogP contribution in [-0.2, 0) is 12.8 Å². The van der Waals surface area contributed by atoms with Crippen LogP contribution in [0.3, 0.4) is 0 Å². The second-order valence-electron chi connectivity index (χ2n) is 5.78. The number of aromatic nitrogens is 2. The van der Waals surface area contributed by atoms with Crippen LogP contribution in [0.5, 0.6) is 5.75 Å². The quantitative estimate of drug-likeness (QED) is 0.913. The zero-order chi connectivity index (χ0) is 16.2. The molecule has 2 aromatic rings. The number of aryl methyl sites for hydroxylation is 2. The molecule has 0 fully saturated rings. The van der Waals surface area contributed by atoms with Gasteiger partial charge in [0.25, 0.3) is 5.91 Å². The fourth-order valence-electron chi connectivity index (χ4n) is 3.07. The highest BCUT2D eigenvalue weighted by Crippen LogP contribution is 2.32. The van der Waals surface area contributed by atoms with Crippen molar-refractivity contribution in [2.24, 2.45) is 0 Å². The summed E-state index contributed by atoms with van der Waals surface area (Å²) in [5.41, 5.74) is 3.26. The van der Waals surface area contributed by atoms with Gasteiger partial charge in [0.15, 0.2) is 0 Å². The highest BCUT2D eigenvalue weighted by Gasteiger charge is 2.24. The molecule has 1 atom stereocenters. The Morgan fingerprint density at radius 3 is 3.13 bits per heavy atom. The number of nitrogens with zero attached hydrogens (tertiary/aromatic N) is 2. The summed E-state index contributed by atoms with van der Waals surface area (Å²) in [4.78, 5) is 13.2. The Morgan fingerprint density at radius 2 is 2.35 bits per heavy atom. The van der Waals surface area contributed by atoms with E-state index in [1.807, 2.05) is 6.07 Å². The Kier molecular flexibility index (Phi) is 4.91. The van der Waals surface area contributed by atoms with Gasteiger partial charge in [-0.2, -0.15) is 0 Å². The Hall–Kier alpha value is -1.95. The van der Waals surface area contributed by atoms with Crippen LogP contribution in [0.15, 0.2) is 18.2 Å². The average Bonchev–Trinajstić information content (AvgIpc) is 3.03. The molecule has 3 rings (SSSR count). The van der Waals surface area contributed by atoms with Crippen LogP contribution in [0.2, 0.25) is 0 Å². The maximum atomic E-state index is 12.6. The first-order valence-corrected chi connectivity index (χ1v) is 8.79. The lowest BCUT2D eigenvalue weighted by Crippen LogP contribution is -2.31. The lowest BCUT2D eigenvalue weighted by Gasteiger charge is -2.26. The summed E-state index contributed by atoms with van der Waals surface area (Å²) in [7, 11) is 1.68. The highest BCUT2D eigenvalue weighted by atomic mass is 32.1. The van der Waals surface area contributed by atoms with E-state index in [0.29, 0.717) is 4.88 Å². The van der Waals surface area contributed by atoms with Gasteiger partial charge in [-0.1, -0.05) is 23.9 Å². The van der Waals surface area contributed by atoms with Gasteiger partial charge in [-0.05, 0) is 60.5 Å². The molecule has 0 bridgehead atoms. The fourth-order valence-corrected chi connectivity index (χ4v) is 3.68. The summed E-state index contributed by atoms with van der Waals surface area (Å²) < 4.78 is 9.23. The summed E-state index contributed by atoms with van der Waals surface area (Å²) in [6.07, 6.45) is 4.80. The molecule has 23 heavy (non-hydrogen) atoms. The first-order valence-electron chi connectivity index (χ1n) is 8.01. The number of carbonyl (C=O) groups is 1. The molecule has 0 radical (unpaired) electrons. The third kappa shape index (κ3) is 3.37. The van der Waals surface area contributed by atoms with E-state index in [9.17, 15) is 4.79 Å². The van der Waals surface area contributed by atoms with Gasteiger partial charge in [0, 0.05) is 0 Å². The number of ether oxygens (including phenoxy) is 1. The smallest absolute Gasteiger partial charge is 0.265 e. The average molecular weight is 331 g/mol. The Morgan fingerprint density at radius 1 is 1.48 bits per heavy atom. The first kappa shape index (κ1) is 15.9. The summed E-state index contributed by atoms with van der Waals surface area (Å²) >= 11 is 1.18. The van der Waals surface area contributed by atoms with Gasteiger partial charge in [0.1, 0.15) is 10.6 Å². The number of fused-ring (bicyclic) bond motifs is 1. The standard InChI is InChI=1S/C17H21N3O2S/c1-3-5-15-16(23-20-19-15)17(21)18-14-7-4-6-11-10-12(22-2)8-9-13(11)14/h8-10,14H,3-7H2,1-2H3,(H,18,21). The van der Waals surface area contributed by atoms with Gasteiger partial charge in [-0.25, -0.2) is 0 Å². The molecule has 1 N–H and O–H groups in total. The molecule has 1 aromatic carbocycles. The molecule has 0 saturated carbocycles. The predicted molar refractivity (Wildman–Crippen MR) is 90.0 cm³/mol. The molecule has 122 valence electrons. The van der Waals surface area contributed by atoms with Crippen LogP contribution in [0.4, 0.5) is 0 Å². The molecule has 1 aliphatic rings. The van der Waals surface area contributed by atoms with Crippen LogP contribution >= 0.6 is 11.5 Å². The van der Waals surface area contributed by atoms with E-state index in [1.165, 1.54) is 22.7 Å². The van der Waals surface area contributed by atoms with Gasteiger partial charge in [0.05, 0.1) is 18.8 Å². The second kappa shape index (κ2) is 7.08. The topological polar surface area (TPSA) is 64.1 Å². The van der Waals surface area contributed by atoms with Crippen molar-refractivity contribution >= 4 is 17.4 Å². The van der Waals surface area contributed by atoms with Crippen molar-refractivity contribution in [2.45, 2.75) is 45.1 Å². The molecule has 1 amide bonds. The second-order valence-corrected chi connectivity index (χ2v) is 6.54. The lowest BCUT2D eigenvalue weighted by atomic mass is 9.87. The number of amides is 1.